The quantitative estimate of drug-likeness (QED) is 0.540. The smallest absolute Gasteiger partial charge is 0.274 e. The molecule has 4 rings (SSSR count). The third-order valence-corrected chi connectivity index (χ3v) is 5.74. The highest BCUT2D eigenvalue weighted by Crippen LogP contribution is 2.22. The zero-order valence-corrected chi connectivity index (χ0v) is 18.5. The maximum absolute atomic E-state index is 14.0. The first kappa shape index (κ1) is 22.1. The van der Waals surface area contributed by atoms with Gasteiger partial charge < -0.3 is 14.4 Å². The lowest BCUT2D eigenvalue weighted by molar-refractivity contribution is 0.0619. The summed E-state index contributed by atoms with van der Waals surface area (Å²) in [6.45, 7) is 2.97. The van der Waals surface area contributed by atoms with Gasteiger partial charge in [0.1, 0.15) is 17.3 Å². The molecule has 0 atom stereocenters. The van der Waals surface area contributed by atoms with Crippen molar-refractivity contribution in [1.29, 1.82) is 0 Å². The maximum Gasteiger partial charge on any atom is 0.274 e. The topological polar surface area (TPSA) is 59.8 Å². The fourth-order valence-electron chi connectivity index (χ4n) is 3.54. The summed E-state index contributed by atoms with van der Waals surface area (Å²) in [4.78, 5) is 16.7. The number of hydrogen-bond acceptors (Lipinski definition) is 5. The van der Waals surface area contributed by atoms with Crippen molar-refractivity contribution >= 4 is 17.5 Å². The van der Waals surface area contributed by atoms with Crippen molar-refractivity contribution in [3.8, 4) is 11.5 Å². The summed E-state index contributed by atoms with van der Waals surface area (Å²) < 4.78 is 26.4. The van der Waals surface area contributed by atoms with Gasteiger partial charge in [0.15, 0.2) is 12.4 Å². The Morgan fingerprint density at radius 3 is 2.47 bits per heavy atom. The SMILES string of the molecule is COc1ccc(OCn2ccc(C(=O)N3CCN(Cc4c(F)cccc4Cl)CC3)n2)cc1. The summed E-state index contributed by atoms with van der Waals surface area (Å²) in [5.74, 6) is 0.997. The third-order valence-electron chi connectivity index (χ3n) is 5.39. The zero-order chi connectivity index (χ0) is 22.5. The molecule has 1 fully saturated rings. The standard InChI is InChI=1S/C23H24ClFN4O3/c1-31-17-5-7-18(8-6-17)32-16-29-10-9-22(26-29)23(30)28-13-11-27(12-14-28)15-19-20(24)3-2-4-21(19)25/h2-10H,11-16H2,1H3. The summed E-state index contributed by atoms with van der Waals surface area (Å²) >= 11 is 6.13. The molecular formula is C23H24ClFN4O3. The molecule has 0 N–H and O–H groups in total. The molecule has 0 aliphatic carbocycles. The highest BCUT2D eigenvalue weighted by Gasteiger charge is 2.24. The second-order valence-electron chi connectivity index (χ2n) is 7.46. The lowest BCUT2D eigenvalue weighted by atomic mass is 10.1. The molecular weight excluding hydrogens is 435 g/mol. The van der Waals surface area contributed by atoms with Crippen LogP contribution in [0.4, 0.5) is 4.39 Å². The van der Waals surface area contributed by atoms with Crippen molar-refractivity contribution in [3.05, 3.63) is 76.8 Å². The molecule has 2 aromatic carbocycles. The molecule has 32 heavy (non-hydrogen) atoms. The van der Waals surface area contributed by atoms with Gasteiger partial charge in [0.2, 0.25) is 0 Å². The second-order valence-corrected chi connectivity index (χ2v) is 7.87. The number of nitrogens with zero attached hydrogens (tertiary/aromatic N) is 4. The normalized spacial score (nSPS) is 14.4. The number of rotatable bonds is 7. The number of carbonyl (C=O) groups is 1. The van der Waals surface area contributed by atoms with E-state index < -0.39 is 0 Å². The van der Waals surface area contributed by atoms with Crippen LogP contribution in [0.25, 0.3) is 0 Å². The molecule has 3 aromatic rings. The monoisotopic (exact) mass is 458 g/mol. The van der Waals surface area contributed by atoms with Crippen molar-refractivity contribution in [2.45, 2.75) is 13.3 Å². The van der Waals surface area contributed by atoms with Crippen molar-refractivity contribution in [3.63, 3.8) is 0 Å². The van der Waals surface area contributed by atoms with Crippen LogP contribution >= 0.6 is 11.6 Å². The third kappa shape index (κ3) is 5.20. The van der Waals surface area contributed by atoms with Gasteiger partial charge in [-0.05, 0) is 42.5 Å². The van der Waals surface area contributed by atoms with E-state index >= 15 is 0 Å². The molecule has 1 amide bonds. The lowest BCUT2D eigenvalue weighted by Crippen LogP contribution is -2.48. The van der Waals surface area contributed by atoms with Gasteiger partial charge in [-0.1, -0.05) is 17.7 Å². The first-order valence-electron chi connectivity index (χ1n) is 10.3. The molecule has 1 aliphatic heterocycles. The van der Waals surface area contributed by atoms with Crippen LogP contribution in [0.1, 0.15) is 16.1 Å². The van der Waals surface area contributed by atoms with Gasteiger partial charge >= 0.3 is 0 Å². The van der Waals surface area contributed by atoms with E-state index in [1.54, 1.807) is 41.1 Å². The molecule has 7 nitrogen and oxygen atoms in total. The Morgan fingerprint density at radius 1 is 1.06 bits per heavy atom. The van der Waals surface area contributed by atoms with Crippen LogP contribution in [-0.2, 0) is 13.3 Å². The minimum absolute atomic E-state index is 0.128. The number of halogens is 2. The summed E-state index contributed by atoms with van der Waals surface area (Å²) in [5.41, 5.74) is 0.860. The number of carbonyl (C=O) groups excluding carboxylic acids is 1. The predicted octanol–water partition coefficient (Wildman–Crippen LogP) is 3.68. The Hall–Kier alpha value is -3.10. The van der Waals surface area contributed by atoms with Crippen LogP contribution in [0, 0.1) is 5.82 Å². The molecule has 0 unspecified atom stereocenters. The van der Waals surface area contributed by atoms with Crippen molar-refractivity contribution in [2.24, 2.45) is 0 Å². The molecule has 0 radical (unpaired) electrons. The Morgan fingerprint density at radius 2 is 1.78 bits per heavy atom. The predicted molar refractivity (Wildman–Crippen MR) is 118 cm³/mol. The number of amides is 1. The molecule has 2 heterocycles. The van der Waals surface area contributed by atoms with Gasteiger partial charge in [0, 0.05) is 49.5 Å². The van der Waals surface area contributed by atoms with Gasteiger partial charge in [-0.2, -0.15) is 5.10 Å². The van der Waals surface area contributed by atoms with Crippen molar-refractivity contribution < 1.29 is 18.7 Å². The largest absolute Gasteiger partial charge is 0.497 e. The minimum atomic E-state index is -0.307. The van der Waals surface area contributed by atoms with E-state index in [-0.39, 0.29) is 18.5 Å². The van der Waals surface area contributed by atoms with E-state index in [9.17, 15) is 9.18 Å². The molecule has 9 heteroatoms. The fourth-order valence-corrected chi connectivity index (χ4v) is 3.76. The highest BCUT2D eigenvalue weighted by molar-refractivity contribution is 6.31. The van der Waals surface area contributed by atoms with Crippen LogP contribution in [0.5, 0.6) is 11.5 Å². The average Bonchev–Trinajstić information content (AvgIpc) is 3.29. The summed E-state index contributed by atoms with van der Waals surface area (Å²) in [6, 6.07) is 13.6. The Kier molecular flexibility index (Phi) is 6.92. The second kappa shape index (κ2) is 10.0. The van der Waals surface area contributed by atoms with E-state index in [2.05, 4.69) is 10.00 Å². The number of ether oxygens (including phenoxy) is 2. The Labute approximate surface area is 190 Å². The first-order chi connectivity index (χ1) is 15.5. The fraction of sp³-hybridized carbons (Fsp3) is 0.304. The van der Waals surface area contributed by atoms with E-state index in [0.717, 1.165) is 5.75 Å². The number of aromatic nitrogens is 2. The zero-order valence-electron chi connectivity index (χ0n) is 17.7. The first-order valence-corrected chi connectivity index (χ1v) is 10.7. The van der Waals surface area contributed by atoms with E-state index in [0.29, 0.717) is 54.8 Å². The molecule has 1 aromatic heterocycles. The van der Waals surface area contributed by atoms with Crippen LogP contribution in [-0.4, -0.2) is 58.8 Å². The van der Waals surface area contributed by atoms with Gasteiger partial charge in [0.25, 0.3) is 5.91 Å². The number of methoxy groups -OCH3 is 1. The molecule has 0 bridgehead atoms. The minimum Gasteiger partial charge on any atom is -0.497 e. The average molecular weight is 459 g/mol. The summed E-state index contributed by atoms with van der Waals surface area (Å²) in [6.07, 6.45) is 1.72. The molecule has 1 aliphatic rings. The Balaban J connectivity index is 1.28. The van der Waals surface area contributed by atoms with Crippen LogP contribution in [0.3, 0.4) is 0 Å². The van der Waals surface area contributed by atoms with E-state index in [1.165, 1.54) is 6.07 Å². The van der Waals surface area contributed by atoms with E-state index in [4.69, 9.17) is 21.1 Å². The maximum atomic E-state index is 14.0. The van der Waals surface area contributed by atoms with Gasteiger partial charge in [-0.15, -0.1) is 0 Å². The van der Waals surface area contributed by atoms with Crippen LogP contribution in [0.15, 0.2) is 54.7 Å². The van der Waals surface area contributed by atoms with E-state index in [1.807, 2.05) is 24.3 Å². The number of hydrogen-bond donors (Lipinski definition) is 0. The number of piperazine rings is 1. The molecule has 1 saturated heterocycles. The molecule has 0 saturated carbocycles. The number of benzene rings is 2. The van der Waals surface area contributed by atoms with Gasteiger partial charge in [-0.25, -0.2) is 9.07 Å². The van der Waals surface area contributed by atoms with Crippen molar-refractivity contribution in [2.75, 3.05) is 33.3 Å². The van der Waals surface area contributed by atoms with Crippen LogP contribution in [0.2, 0.25) is 5.02 Å². The highest BCUT2D eigenvalue weighted by atomic mass is 35.5. The van der Waals surface area contributed by atoms with Gasteiger partial charge in [0.05, 0.1) is 7.11 Å². The molecule has 0 spiro atoms. The summed E-state index contributed by atoms with van der Waals surface area (Å²) in [7, 11) is 1.61. The van der Waals surface area contributed by atoms with Crippen molar-refractivity contribution in [1.82, 2.24) is 19.6 Å². The summed E-state index contributed by atoms with van der Waals surface area (Å²) in [5, 5.41) is 4.76. The Bertz CT molecular complexity index is 1050. The van der Waals surface area contributed by atoms with Crippen LogP contribution < -0.4 is 9.47 Å². The van der Waals surface area contributed by atoms with Gasteiger partial charge in [-0.3, -0.25) is 9.69 Å². The molecule has 168 valence electrons. The lowest BCUT2D eigenvalue weighted by Gasteiger charge is -2.34.